The first-order valence-electron chi connectivity index (χ1n) is 6.77. The monoisotopic (exact) mass is 291 g/mol. The molecule has 0 bridgehead atoms. The molecule has 2 aromatic rings. The van der Waals surface area contributed by atoms with Crippen molar-refractivity contribution in [3.05, 3.63) is 58.0 Å². The number of thiophene rings is 1. The van der Waals surface area contributed by atoms with Crippen molar-refractivity contribution in [3.8, 4) is 0 Å². The first-order valence-corrected chi connectivity index (χ1v) is 7.65. The summed E-state index contributed by atoms with van der Waals surface area (Å²) in [6, 6.07) is 10.5. The molecular weight excluding hydrogens is 273 g/mol. The smallest absolute Gasteiger partial charge is 0.220 e. The molecule has 0 saturated carbocycles. The number of benzene rings is 1. The van der Waals surface area contributed by atoms with Crippen LogP contribution < -0.4 is 5.32 Å². The van der Waals surface area contributed by atoms with Crippen LogP contribution in [0.1, 0.15) is 23.3 Å². The van der Waals surface area contributed by atoms with Crippen molar-refractivity contribution in [3.63, 3.8) is 0 Å². The van der Waals surface area contributed by atoms with Gasteiger partial charge in [0.15, 0.2) is 0 Å². The number of aryl methyl sites for hydroxylation is 1. The number of halogens is 1. The van der Waals surface area contributed by atoms with Crippen LogP contribution >= 0.6 is 11.3 Å². The van der Waals surface area contributed by atoms with Gasteiger partial charge in [0.25, 0.3) is 0 Å². The normalized spacial score (nSPS) is 10.4. The Balaban J connectivity index is 1.59. The average molecular weight is 291 g/mol. The van der Waals surface area contributed by atoms with Gasteiger partial charge in [-0.15, -0.1) is 11.3 Å². The fraction of sp³-hybridized carbons (Fsp3) is 0.312. The van der Waals surface area contributed by atoms with E-state index in [0.29, 0.717) is 13.0 Å². The first kappa shape index (κ1) is 14.7. The standard InChI is InChI=1S/C16H18FNOS/c17-14-8-6-13(7-9-14)10-11-18-16(19)5-1-3-15-4-2-12-20-15/h2,4,6-9,12H,1,3,5,10-11H2,(H,18,19). The quantitative estimate of drug-likeness (QED) is 0.830. The summed E-state index contributed by atoms with van der Waals surface area (Å²) in [4.78, 5) is 13.0. The van der Waals surface area contributed by atoms with Crippen LogP contribution in [0.15, 0.2) is 41.8 Å². The molecule has 1 amide bonds. The summed E-state index contributed by atoms with van der Waals surface area (Å²) in [5.74, 6) is -0.143. The van der Waals surface area contributed by atoms with E-state index in [1.165, 1.54) is 17.0 Å². The van der Waals surface area contributed by atoms with Gasteiger partial charge in [-0.1, -0.05) is 18.2 Å². The highest BCUT2D eigenvalue weighted by Crippen LogP contribution is 2.11. The summed E-state index contributed by atoms with van der Waals surface area (Å²) < 4.78 is 12.7. The van der Waals surface area contributed by atoms with Crippen molar-refractivity contribution in [1.82, 2.24) is 5.32 Å². The van der Waals surface area contributed by atoms with Crippen molar-refractivity contribution in [1.29, 1.82) is 0 Å². The zero-order valence-electron chi connectivity index (χ0n) is 11.3. The fourth-order valence-electron chi connectivity index (χ4n) is 1.96. The second kappa shape index (κ2) is 7.80. The van der Waals surface area contributed by atoms with Crippen LogP contribution in [0.5, 0.6) is 0 Å². The highest BCUT2D eigenvalue weighted by Gasteiger charge is 2.02. The molecule has 0 fully saturated rings. The Morgan fingerprint density at radius 2 is 1.95 bits per heavy atom. The highest BCUT2D eigenvalue weighted by atomic mass is 32.1. The maximum absolute atomic E-state index is 12.7. The minimum atomic E-state index is -0.230. The molecule has 0 spiro atoms. The molecule has 0 radical (unpaired) electrons. The maximum atomic E-state index is 12.7. The zero-order chi connectivity index (χ0) is 14.2. The zero-order valence-corrected chi connectivity index (χ0v) is 12.1. The maximum Gasteiger partial charge on any atom is 0.220 e. The van der Waals surface area contributed by atoms with Crippen LogP contribution in [-0.4, -0.2) is 12.5 Å². The lowest BCUT2D eigenvalue weighted by Crippen LogP contribution is -2.25. The predicted octanol–water partition coefficient (Wildman–Crippen LogP) is 3.57. The molecule has 2 rings (SSSR count). The molecule has 0 atom stereocenters. The summed E-state index contributed by atoms with van der Waals surface area (Å²) in [6.07, 6.45) is 3.13. The second-order valence-electron chi connectivity index (χ2n) is 4.66. The average Bonchev–Trinajstić information content (AvgIpc) is 2.94. The van der Waals surface area contributed by atoms with Crippen molar-refractivity contribution in [2.75, 3.05) is 6.54 Å². The number of carbonyl (C=O) groups is 1. The number of amides is 1. The van der Waals surface area contributed by atoms with Gasteiger partial charge in [0.05, 0.1) is 0 Å². The largest absolute Gasteiger partial charge is 0.356 e. The first-order chi connectivity index (χ1) is 9.74. The molecule has 1 aromatic carbocycles. The van der Waals surface area contributed by atoms with E-state index in [0.717, 1.165) is 24.8 Å². The minimum absolute atomic E-state index is 0.0867. The van der Waals surface area contributed by atoms with E-state index in [-0.39, 0.29) is 11.7 Å². The van der Waals surface area contributed by atoms with Gasteiger partial charge < -0.3 is 5.32 Å². The summed E-state index contributed by atoms with van der Waals surface area (Å²) in [7, 11) is 0. The Hall–Kier alpha value is -1.68. The topological polar surface area (TPSA) is 29.1 Å². The lowest BCUT2D eigenvalue weighted by molar-refractivity contribution is -0.121. The van der Waals surface area contributed by atoms with Crippen LogP contribution in [0, 0.1) is 5.82 Å². The van der Waals surface area contributed by atoms with Gasteiger partial charge >= 0.3 is 0 Å². The minimum Gasteiger partial charge on any atom is -0.356 e. The molecular formula is C16H18FNOS. The summed E-state index contributed by atoms with van der Waals surface area (Å²) in [5.41, 5.74) is 1.03. The molecule has 0 aliphatic heterocycles. The van der Waals surface area contributed by atoms with Gasteiger partial charge in [-0.3, -0.25) is 4.79 Å². The lowest BCUT2D eigenvalue weighted by Gasteiger charge is -2.05. The fourth-order valence-corrected chi connectivity index (χ4v) is 2.71. The molecule has 4 heteroatoms. The van der Waals surface area contributed by atoms with Crippen LogP contribution in [0.3, 0.4) is 0 Å². The van der Waals surface area contributed by atoms with Crippen LogP contribution in [0.25, 0.3) is 0 Å². The third-order valence-electron chi connectivity index (χ3n) is 3.06. The summed E-state index contributed by atoms with van der Waals surface area (Å²) in [5, 5.41) is 4.95. The number of hydrogen-bond donors (Lipinski definition) is 1. The van der Waals surface area contributed by atoms with Crippen molar-refractivity contribution in [2.45, 2.75) is 25.7 Å². The van der Waals surface area contributed by atoms with E-state index in [9.17, 15) is 9.18 Å². The number of rotatable bonds is 7. The SMILES string of the molecule is O=C(CCCc1cccs1)NCCc1ccc(F)cc1. The molecule has 0 unspecified atom stereocenters. The third-order valence-corrected chi connectivity index (χ3v) is 3.99. The van der Waals surface area contributed by atoms with Gasteiger partial charge in [0, 0.05) is 17.8 Å². The molecule has 2 nitrogen and oxygen atoms in total. The van der Waals surface area contributed by atoms with E-state index in [2.05, 4.69) is 16.8 Å². The van der Waals surface area contributed by atoms with Gasteiger partial charge in [-0.05, 0) is 48.4 Å². The summed E-state index contributed by atoms with van der Waals surface area (Å²) >= 11 is 1.73. The number of carbonyl (C=O) groups excluding carboxylic acids is 1. The van der Waals surface area contributed by atoms with Crippen LogP contribution in [0.2, 0.25) is 0 Å². The predicted molar refractivity (Wildman–Crippen MR) is 80.4 cm³/mol. The van der Waals surface area contributed by atoms with Crippen molar-refractivity contribution >= 4 is 17.2 Å². The van der Waals surface area contributed by atoms with Gasteiger partial charge in [-0.2, -0.15) is 0 Å². The molecule has 1 N–H and O–H groups in total. The molecule has 20 heavy (non-hydrogen) atoms. The Labute approximate surface area is 122 Å². The number of hydrogen-bond acceptors (Lipinski definition) is 2. The third kappa shape index (κ3) is 5.13. The van der Waals surface area contributed by atoms with Crippen molar-refractivity contribution in [2.24, 2.45) is 0 Å². The van der Waals surface area contributed by atoms with Gasteiger partial charge in [0.1, 0.15) is 5.82 Å². The Morgan fingerprint density at radius 1 is 1.15 bits per heavy atom. The van der Waals surface area contributed by atoms with E-state index >= 15 is 0 Å². The van der Waals surface area contributed by atoms with Gasteiger partial charge in [-0.25, -0.2) is 4.39 Å². The molecule has 106 valence electrons. The Bertz CT molecular complexity index is 522. The van der Waals surface area contributed by atoms with Crippen molar-refractivity contribution < 1.29 is 9.18 Å². The van der Waals surface area contributed by atoms with Crippen LogP contribution in [-0.2, 0) is 17.6 Å². The lowest BCUT2D eigenvalue weighted by atomic mass is 10.1. The molecule has 0 aliphatic carbocycles. The molecule has 0 aliphatic rings. The summed E-state index contributed by atoms with van der Waals surface area (Å²) in [6.45, 7) is 0.601. The van der Waals surface area contributed by atoms with Crippen LogP contribution in [0.4, 0.5) is 4.39 Å². The second-order valence-corrected chi connectivity index (χ2v) is 5.69. The molecule has 1 aromatic heterocycles. The van der Waals surface area contributed by atoms with Gasteiger partial charge in [0.2, 0.25) is 5.91 Å². The highest BCUT2D eigenvalue weighted by molar-refractivity contribution is 7.09. The van der Waals surface area contributed by atoms with E-state index in [4.69, 9.17) is 0 Å². The Morgan fingerprint density at radius 3 is 2.65 bits per heavy atom. The molecule has 0 saturated heterocycles. The van der Waals surface area contributed by atoms with E-state index < -0.39 is 0 Å². The number of nitrogens with one attached hydrogen (secondary N) is 1. The van der Waals surface area contributed by atoms with E-state index in [1.807, 2.05) is 6.07 Å². The van der Waals surface area contributed by atoms with E-state index in [1.54, 1.807) is 23.5 Å². The Kier molecular flexibility index (Phi) is 5.74. The molecule has 1 heterocycles.